The van der Waals surface area contributed by atoms with Gasteiger partial charge in [-0.1, -0.05) is 36.6 Å². The molecule has 1 aliphatic carbocycles. The molecule has 0 aliphatic heterocycles. The number of nitrogens with zero attached hydrogens (tertiary/aromatic N) is 5. The number of aryl methyl sites for hydroxylation is 1. The third kappa shape index (κ3) is 2.83. The van der Waals surface area contributed by atoms with Crippen molar-refractivity contribution in [2.75, 3.05) is 0 Å². The Bertz CT molecular complexity index is 527. The van der Waals surface area contributed by atoms with Crippen LogP contribution in [0.3, 0.4) is 0 Å². The highest BCUT2D eigenvalue weighted by Gasteiger charge is 2.16. The standard InChI is InChI=1S/C13H19N5O/c1-2-12-14-13(19-16-12)11-9-18(17-15-11)8-10-6-4-3-5-7-10/h9-10H,2-8H2,1H3. The van der Waals surface area contributed by atoms with Gasteiger partial charge in [0.1, 0.15) is 0 Å². The Morgan fingerprint density at radius 2 is 2.16 bits per heavy atom. The van der Waals surface area contributed by atoms with Gasteiger partial charge in [-0.3, -0.25) is 4.68 Å². The van der Waals surface area contributed by atoms with E-state index in [9.17, 15) is 0 Å². The van der Waals surface area contributed by atoms with Crippen molar-refractivity contribution in [2.45, 2.75) is 52.0 Å². The highest BCUT2D eigenvalue weighted by molar-refractivity contribution is 5.43. The van der Waals surface area contributed by atoms with Crippen LogP contribution < -0.4 is 0 Å². The average Bonchev–Trinajstić information content (AvgIpc) is 3.08. The van der Waals surface area contributed by atoms with E-state index in [2.05, 4.69) is 20.5 Å². The number of aromatic nitrogens is 5. The van der Waals surface area contributed by atoms with Crippen LogP contribution in [0.1, 0.15) is 44.9 Å². The normalized spacial score (nSPS) is 16.9. The summed E-state index contributed by atoms with van der Waals surface area (Å²) < 4.78 is 7.07. The van der Waals surface area contributed by atoms with Crippen molar-refractivity contribution in [3.8, 4) is 11.6 Å². The molecule has 1 fully saturated rings. The first-order valence-corrected chi connectivity index (χ1v) is 7.08. The van der Waals surface area contributed by atoms with Gasteiger partial charge in [0.25, 0.3) is 5.89 Å². The van der Waals surface area contributed by atoms with E-state index < -0.39 is 0 Å². The highest BCUT2D eigenvalue weighted by Crippen LogP contribution is 2.25. The van der Waals surface area contributed by atoms with Crippen molar-refractivity contribution in [1.29, 1.82) is 0 Å². The minimum absolute atomic E-state index is 0.465. The Kier molecular flexibility index (Phi) is 3.57. The van der Waals surface area contributed by atoms with Crippen LogP contribution in [-0.4, -0.2) is 25.1 Å². The van der Waals surface area contributed by atoms with Crippen molar-refractivity contribution >= 4 is 0 Å². The maximum atomic E-state index is 5.17. The molecule has 19 heavy (non-hydrogen) atoms. The molecule has 0 atom stereocenters. The fourth-order valence-corrected chi connectivity index (χ4v) is 2.62. The van der Waals surface area contributed by atoms with E-state index in [4.69, 9.17) is 4.52 Å². The summed E-state index contributed by atoms with van der Waals surface area (Å²) in [6.07, 6.45) is 9.33. The topological polar surface area (TPSA) is 69.6 Å². The van der Waals surface area contributed by atoms with Gasteiger partial charge < -0.3 is 4.52 Å². The van der Waals surface area contributed by atoms with Gasteiger partial charge in [-0.2, -0.15) is 4.98 Å². The molecule has 0 aromatic carbocycles. The smallest absolute Gasteiger partial charge is 0.280 e. The number of rotatable bonds is 4. The molecule has 0 unspecified atom stereocenters. The average molecular weight is 261 g/mol. The molecule has 0 amide bonds. The van der Waals surface area contributed by atoms with Crippen LogP contribution in [-0.2, 0) is 13.0 Å². The summed E-state index contributed by atoms with van der Waals surface area (Å²) >= 11 is 0. The SMILES string of the molecule is CCc1noc(-c2cn(CC3CCCCC3)nn2)n1. The third-order valence-corrected chi connectivity index (χ3v) is 3.71. The maximum Gasteiger partial charge on any atom is 0.280 e. The monoisotopic (exact) mass is 261 g/mol. The number of hydrogen-bond donors (Lipinski definition) is 0. The first kappa shape index (κ1) is 12.3. The van der Waals surface area contributed by atoms with Crippen LogP contribution >= 0.6 is 0 Å². The molecular formula is C13H19N5O. The first-order valence-electron chi connectivity index (χ1n) is 7.08. The summed E-state index contributed by atoms with van der Waals surface area (Å²) in [5.41, 5.74) is 0.669. The van der Waals surface area contributed by atoms with Crippen LogP contribution in [0.2, 0.25) is 0 Å². The fraction of sp³-hybridized carbons (Fsp3) is 0.692. The van der Waals surface area contributed by atoms with Gasteiger partial charge in [0.2, 0.25) is 0 Å². The summed E-state index contributed by atoms with van der Waals surface area (Å²) in [4.78, 5) is 4.27. The summed E-state index contributed by atoms with van der Waals surface area (Å²) in [7, 11) is 0. The van der Waals surface area contributed by atoms with Gasteiger partial charge in [-0.25, -0.2) is 0 Å². The van der Waals surface area contributed by atoms with Gasteiger partial charge in [0.15, 0.2) is 11.5 Å². The second kappa shape index (κ2) is 5.50. The number of hydrogen-bond acceptors (Lipinski definition) is 5. The van der Waals surface area contributed by atoms with Crippen LogP contribution in [0, 0.1) is 5.92 Å². The highest BCUT2D eigenvalue weighted by atomic mass is 16.5. The molecule has 6 nitrogen and oxygen atoms in total. The summed E-state index contributed by atoms with van der Waals surface area (Å²) in [6, 6.07) is 0. The van der Waals surface area contributed by atoms with E-state index in [1.807, 2.05) is 17.8 Å². The predicted octanol–water partition coefficient (Wildman–Crippen LogP) is 2.47. The Morgan fingerprint density at radius 3 is 2.89 bits per heavy atom. The molecule has 6 heteroatoms. The lowest BCUT2D eigenvalue weighted by molar-refractivity contribution is 0.305. The van der Waals surface area contributed by atoms with E-state index in [0.29, 0.717) is 17.4 Å². The Balaban J connectivity index is 1.68. The maximum absolute atomic E-state index is 5.17. The van der Waals surface area contributed by atoms with Crippen molar-refractivity contribution in [1.82, 2.24) is 25.1 Å². The Morgan fingerprint density at radius 1 is 1.32 bits per heavy atom. The zero-order chi connectivity index (χ0) is 13.1. The van der Waals surface area contributed by atoms with Crippen molar-refractivity contribution in [3.63, 3.8) is 0 Å². The molecule has 102 valence electrons. The van der Waals surface area contributed by atoms with Gasteiger partial charge >= 0.3 is 0 Å². The predicted molar refractivity (Wildman–Crippen MR) is 69.3 cm³/mol. The van der Waals surface area contributed by atoms with Gasteiger partial charge in [-0.15, -0.1) is 5.10 Å². The molecule has 1 saturated carbocycles. The minimum atomic E-state index is 0.465. The lowest BCUT2D eigenvalue weighted by Gasteiger charge is -2.20. The largest absolute Gasteiger partial charge is 0.332 e. The van der Waals surface area contributed by atoms with E-state index >= 15 is 0 Å². The fourth-order valence-electron chi connectivity index (χ4n) is 2.62. The van der Waals surface area contributed by atoms with Crippen LogP contribution in [0.15, 0.2) is 10.7 Å². The van der Waals surface area contributed by atoms with Gasteiger partial charge in [-0.05, 0) is 18.8 Å². The third-order valence-electron chi connectivity index (χ3n) is 3.71. The summed E-state index contributed by atoms with van der Waals surface area (Å²) in [5, 5.41) is 12.1. The molecule has 0 saturated heterocycles. The summed E-state index contributed by atoms with van der Waals surface area (Å²) in [6.45, 7) is 2.94. The molecule has 1 aliphatic rings. The van der Waals surface area contributed by atoms with Gasteiger partial charge in [0, 0.05) is 13.0 Å². The van der Waals surface area contributed by atoms with Crippen molar-refractivity contribution in [2.24, 2.45) is 5.92 Å². The molecule has 0 N–H and O–H groups in total. The van der Waals surface area contributed by atoms with E-state index in [1.54, 1.807) is 0 Å². The Labute approximate surface area is 112 Å². The molecule has 2 aromatic rings. The second-order valence-electron chi connectivity index (χ2n) is 5.20. The quantitative estimate of drug-likeness (QED) is 0.845. The molecule has 2 aromatic heterocycles. The second-order valence-corrected chi connectivity index (χ2v) is 5.20. The first-order chi connectivity index (χ1) is 9.35. The van der Waals surface area contributed by atoms with Crippen LogP contribution in [0.5, 0.6) is 0 Å². The zero-order valence-electron chi connectivity index (χ0n) is 11.2. The zero-order valence-corrected chi connectivity index (χ0v) is 11.2. The molecule has 3 rings (SSSR count). The molecular weight excluding hydrogens is 242 g/mol. The van der Waals surface area contributed by atoms with E-state index in [0.717, 1.165) is 18.9 Å². The lowest BCUT2D eigenvalue weighted by atomic mass is 9.89. The Hall–Kier alpha value is -1.72. The minimum Gasteiger partial charge on any atom is -0.332 e. The molecule has 0 bridgehead atoms. The van der Waals surface area contributed by atoms with Crippen LogP contribution in [0.25, 0.3) is 11.6 Å². The summed E-state index contributed by atoms with van der Waals surface area (Å²) in [5.74, 6) is 1.90. The van der Waals surface area contributed by atoms with Crippen molar-refractivity contribution in [3.05, 3.63) is 12.0 Å². The van der Waals surface area contributed by atoms with Crippen molar-refractivity contribution < 1.29 is 4.52 Å². The molecule has 0 radical (unpaired) electrons. The lowest BCUT2D eigenvalue weighted by Crippen LogP contribution is -2.14. The van der Waals surface area contributed by atoms with E-state index in [1.165, 1.54) is 32.1 Å². The van der Waals surface area contributed by atoms with Gasteiger partial charge in [0.05, 0.1) is 6.20 Å². The van der Waals surface area contributed by atoms with Crippen LogP contribution in [0.4, 0.5) is 0 Å². The molecule has 0 spiro atoms. The van der Waals surface area contributed by atoms with E-state index in [-0.39, 0.29) is 0 Å². The molecule has 2 heterocycles.